The van der Waals surface area contributed by atoms with Crippen molar-refractivity contribution in [3.05, 3.63) is 30.2 Å². The van der Waals surface area contributed by atoms with Crippen LogP contribution in [0.1, 0.15) is 43.0 Å². The zero-order valence-electron chi connectivity index (χ0n) is 11.6. The van der Waals surface area contributed by atoms with Gasteiger partial charge in [-0.1, -0.05) is 6.92 Å². The molecule has 0 aromatic carbocycles. The highest BCUT2D eigenvalue weighted by molar-refractivity contribution is 5.96. The van der Waals surface area contributed by atoms with Crippen LogP contribution in [-0.4, -0.2) is 38.3 Å². The van der Waals surface area contributed by atoms with E-state index in [-0.39, 0.29) is 5.91 Å². The van der Waals surface area contributed by atoms with E-state index in [0.717, 1.165) is 25.8 Å². The van der Waals surface area contributed by atoms with Gasteiger partial charge in [0.1, 0.15) is 5.52 Å². The number of amides is 1. The number of carbonyl (C=O) groups is 1. The second-order valence-electron chi connectivity index (χ2n) is 5.18. The minimum absolute atomic E-state index is 0.0663. The SMILES string of the molecule is CCC1CCCCN1C(=O)c1cnc2nccnc2c1. The standard InChI is InChI=1S/C15H18N4O/c1-2-12-5-3-4-8-19(12)15(20)11-9-13-14(18-10-11)17-7-6-16-13/h6-7,9-10,12H,2-5,8H2,1H3. The molecule has 1 amide bonds. The maximum absolute atomic E-state index is 12.7. The molecule has 0 bridgehead atoms. The Kier molecular flexibility index (Phi) is 3.58. The highest BCUT2D eigenvalue weighted by atomic mass is 16.2. The van der Waals surface area contributed by atoms with Crippen molar-refractivity contribution in [2.24, 2.45) is 0 Å². The summed E-state index contributed by atoms with van der Waals surface area (Å²) in [7, 11) is 0. The number of pyridine rings is 1. The molecule has 5 nitrogen and oxygen atoms in total. The van der Waals surface area contributed by atoms with Crippen LogP contribution in [0.25, 0.3) is 11.2 Å². The number of aromatic nitrogens is 3. The summed E-state index contributed by atoms with van der Waals surface area (Å²) in [4.78, 5) is 27.2. The summed E-state index contributed by atoms with van der Waals surface area (Å²) in [6, 6.07) is 2.15. The number of hydrogen-bond acceptors (Lipinski definition) is 4. The summed E-state index contributed by atoms with van der Waals surface area (Å²) in [5.74, 6) is 0.0663. The number of rotatable bonds is 2. The van der Waals surface area contributed by atoms with Crippen LogP contribution in [0.5, 0.6) is 0 Å². The van der Waals surface area contributed by atoms with E-state index in [2.05, 4.69) is 21.9 Å². The van der Waals surface area contributed by atoms with Crippen LogP contribution in [0, 0.1) is 0 Å². The zero-order valence-corrected chi connectivity index (χ0v) is 11.6. The van der Waals surface area contributed by atoms with Gasteiger partial charge >= 0.3 is 0 Å². The highest BCUT2D eigenvalue weighted by Gasteiger charge is 2.26. The average Bonchev–Trinajstić information content (AvgIpc) is 2.53. The number of likely N-dealkylation sites (tertiary alicyclic amines) is 1. The fourth-order valence-electron chi connectivity index (χ4n) is 2.83. The van der Waals surface area contributed by atoms with E-state index >= 15 is 0 Å². The molecule has 3 heterocycles. The van der Waals surface area contributed by atoms with E-state index in [9.17, 15) is 4.79 Å². The Morgan fingerprint density at radius 2 is 2.15 bits per heavy atom. The molecular weight excluding hydrogens is 252 g/mol. The second kappa shape index (κ2) is 5.53. The van der Waals surface area contributed by atoms with Gasteiger partial charge in [0.2, 0.25) is 0 Å². The topological polar surface area (TPSA) is 59.0 Å². The highest BCUT2D eigenvalue weighted by Crippen LogP contribution is 2.22. The number of carbonyl (C=O) groups excluding carboxylic acids is 1. The van der Waals surface area contributed by atoms with Crippen molar-refractivity contribution < 1.29 is 4.79 Å². The molecule has 104 valence electrons. The molecule has 1 fully saturated rings. The van der Waals surface area contributed by atoms with Crippen molar-refractivity contribution in [3.8, 4) is 0 Å². The lowest BCUT2D eigenvalue weighted by molar-refractivity contribution is 0.0608. The number of fused-ring (bicyclic) bond motifs is 1. The third kappa shape index (κ3) is 2.35. The Morgan fingerprint density at radius 1 is 1.30 bits per heavy atom. The van der Waals surface area contributed by atoms with Crippen molar-refractivity contribution in [2.75, 3.05) is 6.54 Å². The summed E-state index contributed by atoms with van der Waals surface area (Å²) in [5.41, 5.74) is 1.86. The van der Waals surface area contributed by atoms with E-state index in [4.69, 9.17) is 0 Å². The number of nitrogens with zero attached hydrogens (tertiary/aromatic N) is 4. The minimum atomic E-state index is 0.0663. The molecule has 0 saturated carbocycles. The quantitative estimate of drug-likeness (QED) is 0.841. The van der Waals surface area contributed by atoms with Crippen molar-refractivity contribution >= 4 is 17.1 Å². The van der Waals surface area contributed by atoms with Gasteiger partial charge in [0, 0.05) is 31.2 Å². The lowest BCUT2D eigenvalue weighted by Crippen LogP contribution is -2.43. The van der Waals surface area contributed by atoms with E-state index < -0.39 is 0 Å². The minimum Gasteiger partial charge on any atom is -0.336 e. The molecule has 1 atom stereocenters. The van der Waals surface area contributed by atoms with Crippen molar-refractivity contribution in [2.45, 2.75) is 38.6 Å². The summed E-state index contributed by atoms with van der Waals surface area (Å²) < 4.78 is 0. The van der Waals surface area contributed by atoms with Gasteiger partial charge in [0.25, 0.3) is 5.91 Å². The molecule has 2 aromatic rings. The Hall–Kier alpha value is -2.04. The molecule has 0 radical (unpaired) electrons. The Bertz CT molecular complexity index is 628. The zero-order chi connectivity index (χ0) is 13.9. The van der Waals surface area contributed by atoms with E-state index in [1.54, 1.807) is 24.7 Å². The molecule has 20 heavy (non-hydrogen) atoms. The molecule has 2 aromatic heterocycles. The van der Waals surface area contributed by atoms with Gasteiger partial charge in [-0.15, -0.1) is 0 Å². The monoisotopic (exact) mass is 270 g/mol. The van der Waals surface area contributed by atoms with Crippen LogP contribution in [0.3, 0.4) is 0 Å². The Balaban J connectivity index is 1.91. The first kappa shape index (κ1) is 13.0. The molecule has 0 N–H and O–H groups in total. The van der Waals surface area contributed by atoms with Gasteiger partial charge < -0.3 is 4.90 Å². The first-order valence-corrected chi connectivity index (χ1v) is 7.17. The van der Waals surface area contributed by atoms with Gasteiger partial charge in [-0.25, -0.2) is 9.97 Å². The lowest BCUT2D eigenvalue weighted by Gasteiger charge is -2.35. The van der Waals surface area contributed by atoms with Gasteiger partial charge in [-0.05, 0) is 31.7 Å². The van der Waals surface area contributed by atoms with E-state index in [1.807, 2.05) is 4.90 Å². The third-order valence-electron chi connectivity index (χ3n) is 3.93. The Morgan fingerprint density at radius 3 is 3.00 bits per heavy atom. The normalized spacial score (nSPS) is 19.2. The Labute approximate surface area is 118 Å². The largest absolute Gasteiger partial charge is 0.336 e. The van der Waals surface area contributed by atoms with Crippen LogP contribution in [0.15, 0.2) is 24.7 Å². The maximum atomic E-state index is 12.7. The number of piperidine rings is 1. The van der Waals surface area contributed by atoms with Crippen LogP contribution in [-0.2, 0) is 0 Å². The van der Waals surface area contributed by atoms with Gasteiger partial charge in [-0.2, -0.15) is 0 Å². The fraction of sp³-hybridized carbons (Fsp3) is 0.467. The molecule has 3 rings (SSSR count). The van der Waals surface area contributed by atoms with Crippen LogP contribution in [0.4, 0.5) is 0 Å². The van der Waals surface area contributed by atoms with Crippen LogP contribution >= 0.6 is 0 Å². The van der Waals surface area contributed by atoms with Crippen molar-refractivity contribution in [1.82, 2.24) is 19.9 Å². The summed E-state index contributed by atoms with van der Waals surface area (Å²) in [5, 5.41) is 0. The predicted octanol–water partition coefficient (Wildman–Crippen LogP) is 2.43. The molecule has 1 saturated heterocycles. The van der Waals surface area contributed by atoms with Gasteiger partial charge in [0.05, 0.1) is 5.56 Å². The van der Waals surface area contributed by atoms with Gasteiger partial charge in [-0.3, -0.25) is 9.78 Å². The van der Waals surface area contributed by atoms with E-state index in [1.165, 1.54) is 6.42 Å². The van der Waals surface area contributed by atoms with E-state index in [0.29, 0.717) is 22.8 Å². The third-order valence-corrected chi connectivity index (χ3v) is 3.93. The predicted molar refractivity (Wildman–Crippen MR) is 76.3 cm³/mol. The lowest BCUT2D eigenvalue weighted by atomic mass is 9.99. The van der Waals surface area contributed by atoms with Crippen molar-refractivity contribution in [1.29, 1.82) is 0 Å². The summed E-state index contributed by atoms with van der Waals surface area (Å²) in [6.07, 6.45) is 9.24. The first-order chi connectivity index (χ1) is 9.79. The number of hydrogen-bond donors (Lipinski definition) is 0. The molecule has 1 unspecified atom stereocenters. The summed E-state index contributed by atoms with van der Waals surface area (Å²) in [6.45, 7) is 2.98. The summed E-state index contributed by atoms with van der Waals surface area (Å²) >= 11 is 0. The smallest absolute Gasteiger partial charge is 0.255 e. The fourth-order valence-corrected chi connectivity index (χ4v) is 2.83. The van der Waals surface area contributed by atoms with Crippen molar-refractivity contribution in [3.63, 3.8) is 0 Å². The van der Waals surface area contributed by atoms with Crippen LogP contribution < -0.4 is 0 Å². The molecule has 5 heteroatoms. The molecule has 1 aliphatic rings. The second-order valence-corrected chi connectivity index (χ2v) is 5.18. The molecular formula is C15H18N4O. The van der Waals surface area contributed by atoms with Crippen LogP contribution in [0.2, 0.25) is 0 Å². The average molecular weight is 270 g/mol. The maximum Gasteiger partial charge on any atom is 0.255 e. The molecule has 0 spiro atoms. The molecule has 1 aliphatic heterocycles. The molecule has 0 aliphatic carbocycles. The van der Waals surface area contributed by atoms with Gasteiger partial charge in [0.15, 0.2) is 5.65 Å². The first-order valence-electron chi connectivity index (χ1n) is 7.17.